The maximum Gasteiger partial charge on any atom is 0.586 e. The van der Waals surface area contributed by atoms with Gasteiger partial charge in [-0.15, -0.1) is 8.78 Å². The second kappa shape index (κ2) is 3.01. The van der Waals surface area contributed by atoms with Crippen LogP contribution >= 0.6 is 12.2 Å². The molecule has 0 radical (unpaired) electrons. The van der Waals surface area contributed by atoms with E-state index >= 15 is 0 Å². The number of alkyl halides is 2. The minimum Gasteiger partial charge on any atom is -0.395 e. The zero-order valence-electron chi connectivity index (χ0n) is 6.66. The summed E-state index contributed by atoms with van der Waals surface area (Å²) in [6.45, 7) is 0. The smallest absolute Gasteiger partial charge is 0.395 e. The number of thiocarbonyl (C=S) groups is 1. The van der Waals surface area contributed by atoms with Crippen molar-refractivity contribution < 1.29 is 18.3 Å². The molecular weight excluding hydrogens is 212 g/mol. The van der Waals surface area contributed by atoms with Crippen LogP contribution in [0.2, 0.25) is 0 Å². The maximum absolute atomic E-state index is 12.6. The van der Waals surface area contributed by atoms with Gasteiger partial charge in [-0.2, -0.15) is 4.99 Å². The van der Waals surface area contributed by atoms with Crippen LogP contribution in [0, 0.1) is 0 Å². The van der Waals surface area contributed by atoms with Crippen LogP contribution in [0.4, 0.5) is 14.5 Å². The molecular formula is C8H3F2NO2S. The van der Waals surface area contributed by atoms with E-state index in [4.69, 9.17) is 0 Å². The van der Waals surface area contributed by atoms with Gasteiger partial charge in [0.1, 0.15) is 5.69 Å². The van der Waals surface area contributed by atoms with Crippen molar-refractivity contribution in [2.24, 2.45) is 4.99 Å². The molecule has 0 saturated carbocycles. The Bertz CT molecular complexity index is 429. The van der Waals surface area contributed by atoms with Crippen molar-refractivity contribution >= 4 is 23.1 Å². The molecule has 1 aromatic carbocycles. The van der Waals surface area contributed by atoms with Crippen LogP contribution in [0.1, 0.15) is 0 Å². The van der Waals surface area contributed by atoms with E-state index in [1.54, 1.807) is 0 Å². The number of isothiocyanates is 1. The number of halogens is 2. The van der Waals surface area contributed by atoms with Gasteiger partial charge in [-0.1, -0.05) is 6.07 Å². The Kier molecular flexibility index (Phi) is 1.94. The lowest BCUT2D eigenvalue weighted by atomic mass is 10.3. The van der Waals surface area contributed by atoms with E-state index in [0.717, 1.165) is 0 Å². The first-order valence-corrected chi connectivity index (χ1v) is 4.00. The number of aliphatic imine (C=N–C) groups is 1. The highest BCUT2D eigenvalue weighted by molar-refractivity contribution is 7.78. The van der Waals surface area contributed by atoms with Crippen LogP contribution in [-0.4, -0.2) is 11.5 Å². The summed E-state index contributed by atoms with van der Waals surface area (Å²) in [4.78, 5) is 3.57. The zero-order valence-corrected chi connectivity index (χ0v) is 7.48. The molecule has 0 fully saturated rings. The second-order valence-corrected chi connectivity index (χ2v) is 2.66. The van der Waals surface area contributed by atoms with Crippen LogP contribution in [0.15, 0.2) is 23.2 Å². The Morgan fingerprint density at radius 2 is 2.14 bits per heavy atom. The lowest BCUT2D eigenvalue weighted by molar-refractivity contribution is -0.286. The van der Waals surface area contributed by atoms with Crippen LogP contribution in [0.3, 0.4) is 0 Å². The van der Waals surface area contributed by atoms with Crippen molar-refractivity contribution in [3.05, 3.63) is 18.2 Å². The fourth-order valence-electron chi connectivity index (χ4n) is 1.09. The summed E-state index contributed by atoms with van der Waals surface area (Å²) in [7, 11) is 0. The molecule has 2 rings (SSSR count). The first-order chi connectivity index (χ1) is 6.62. The first kappa shape index (κ1) is 9.05. The molecule has 0 bridgehead atoms. The Morgan fingerprint density at radius 1 is 1.36 bits per heavy atom. The van der Waals surface area contributed by atoms with Crippen LogP contribution in [-0.2, 0) is 0 Å². The lowest BCUT2D eigenvalue weighted by Crippen LogP contribution is -2.25. The van der Waals surface area contributed by atoms with E-state index in [-0.39, 0.29) is 17.2 Å². The molecule has 0 saturated heterocycles. The monoisotopic (exact) mass is 215 g/mol. The van der Waals surface area contributed by atoms with Gasteiger partial charge in [0.25, 0.3) is 0 Å². The molecule has 72 valence electrons. The first-order valence-electron chi connectivity index (χ1n) is 3.59. The summed E-state index contributed by atoms with van der Waals surface area (Å²) < 4.78 is 33.7. The average Bonchev–Trinajstić information content (AvgIpc) is 2.41. The molecule has 14 heavy (non-hydrogen) atoms. The van der Waals surface area contributed by atoms with Crippen molar-refractivity contribution in [1.82, 2.24) is 0 Å². The van der Waals surface area contributed by atoms with Crippen molar-refractivity contribution in [3.8, 4) is 11.5 Å². The minimum atomic E-state index is -3.63. The van der Waals surface area contributed by atoms with E-state index in [1.807, 2.05) is 0 Å². The fraction of sp³-hybridized carbons (Fsp3) is 0.125. The van der Waals surface area contributed by atoms with Crippen molar-refractivity contribution in [2.45, 2.75) is 6.29 Å². The van der Waals surface area contributed by atoms with Gasteiger partial charge in [-0.25, -0.2) is 0 Å². The summed E-state index contributed by atoms with van der Waals surface area (Å²) in [5, 5.41) is 2.07. The molecule has 0 atom stereocenters. The Labute approximate surface area is 83.0 Å². The topological polar surface area (TPSA) is 30.8 Å². The van der Waals surface area contributed by atoms with E-state index in [0.29, 0.717) is 0 Å². The molecule has 6 heteroatoms. The Morgan fingerprint density at radius 3 is 2.86 bits per heavy atom. The SMILES string of the molecule is FC1(F)Oc2cccc(N=C=S)c2O1. The number of fused-ring (bicyclic) bond motifs is 1. The molecule has 1 aromatic rings. The number of rotatable bonds is 1. The zero-order chi connectivity index (χ0) is 10.2. The van der Waals surface area contributed by atoms with E-state index in [1.165, 1.54) is 18.2 Å². The summed E-state index contributed by atoms with van der Waals surface area (Å²) in [6, 6.07) is 4.34. The average molecular weight is 215 g/mol. The quantitative estimate of drug-likeness (QED) is 0.533. The molecule has 1 aliphatic rings. The molecule has 0 amide bonds. The van der Waals surface area contributed by atoms with Gasteiger partial charge in [0.05, 0.1) is 5.16 Å². The predicted molar refractivity (Wildman–Crippen MR) is 47.3 cm³/mol. The van der Waals surface area contributed by atoms with Gasteiger partial charge in [-0.05, 0) is 24.4 Å². The number of hydrogen-bond donors (Lipinski definition) is 0. The van der Waals surface area contributed by atoms with Gasteiger partial charge in [0.15, 0.2) is 11.5 Å². The van der Waals surface area contributed by atoms with E-state index < -0.39 is 6.29 Å². The van der Waals surface area contributed by atoms with Crippen LogP contribution in [0.5, 0.6) is 11.5 Å². The van der Waals surface area contributed by atoms with Gasteiger partial charge in [-0.3, -0.25) is 0 Å². The largest absolute Gasteiger partial charge is 0.586 e. The summed E-state index contributed by atoms with van der Waals surface area (Å²) in [6.07, 6.45) is -3.63. The van der Waals surface area contributed by atoms with Crippen molar-refractivity contribution in [3.63, 3.8) is 0 Å². The van der Waals surface area contributed by atoms with Gasteiger partial charge in [0.2, 0.25) is 0 Å². The normalized spacial score (nSPS) is 16.1. The Balaban J connectivity index is 2.51. The highest BCUT2D eigenvalue weighted by atomic mass is 32.1. The van der Waals surface area contributed by atoms with Crippen molar-refractivity contribution in [2.75, 3.05) is 0 Å². The number of hydrogen-bond acceptors (Lipinski definition) is 4. The third-order valence-corrected chi connectivity index (χ3v) is 1.67. The fourth-order valence-corrected chi connectivity index (χ4v) is 1.19. The molecule has 0 unspecified atom stereocenters. The standard InChI is InChI=1S/C8H3F2NO2S/c9-8(10)12-6-3-1-2-5(11-4-14)7(6)13-8/h1-3H. The lowest BCUT2D eigenvalue weighted by Gasteiger charge is -2.04. The molecule has 1 heterocycles. The van der Waals surface area contributed by atoms with Gasteiger partial charge >= 0.3 is 6.29 Å². The van der Waals surface area contributed by atoms with Crippen LogP contribution < -0.4 is 9.47 Å². The molecule has 0 aromatic heterocycles. The number of nitrogens with zero attached hydrogens (tertiary/aromatic N) is 1. The second-order valence-electron chi connectivity index (χ2n) is 2.47. The predicted octanol–water partition coefficient (Wildman–Crippen LogP) is 2.74. The maximum atomic E-state index is 12.6. The third kappa shape index (κ3) is 1.45. The molecule has 0 aliphatic carbocycles. The van der Waals surface area contributed by atoms with Gasteiger partial charge < -0.3 is 9.47 Å². The van der Waals surface area contributed by atoms with Gasteiger partial charge in [0, 0.05) is 0 Å². The summed E-state index contributed by atoms with van der Waals surface area (Å²) in [5.74, 6) is -0.170. The molecule has 1 aliphatic heterocycles. The minimum absolute atomic E-state index is 0.0542. The Hall–Kier alpha value is -1.52. The summed E-state index contributed by atoms with van der Waals surface area (Å²) >= 11 is 4.36. The highest BCUT2D eigenvalue weighted by Gasteiger charge is 2.44. The van der Waals surface area contributed by atoms with Crippen molar-refractivity contribution in [1.29, 1.82) is 0 Å². The molecule has 3 nitrogen and oxygen atoms in total. The number of ether oxygens (including phenoxy) is 2. The summed E-state index contributed by atoms with van der Waals surface area (Å²) in [5.41, 5.74) is 0.176. The molecule has 0 spiro atoms. The van der Waals surface area contributed by atoms with Crippen LogP contribution in [0.25, 0.3) is 0 Å². The van der Waals surface area contributed by atoms with E-state index in [2.05, 4.69) is 31.8 Å². The number of benzene rings is 1. The highest BCUT2D eigenvalue weighted by Crippen LogP contribution is 2.46. The molecule has 0 N–H and O–H groups in total. The third-order valence-electron chi connectivity index (χ3n) is 1.57. The van der Waals surface area contributed by atoms with E-state index in [9.17, 15) is 8.78 Å². The number of para-hydroxylation sites is 1.